The van der Waals surface area contributed by atoms with Gasteiger partial charge in [-0.05, 0) is 102 Å². The number of nitrogens with zero attached hydrogens (tertiary/aromatic N) is 2. The van der Waals surface area contributed by atoms with Crippen LogP contribution in [0.2, 0.25) is 0 Å². The third kappa shape index (κ3) is 6.62. The molecule has 6 rings (SSSR count). The average Bonchev–Trinajstić information content (AvgIpc) is 3.10. The predicted molar refractivity (Wildman–Crippen MR) is 196 cm³/mol. The zero-order valence-corrected chi connectivity index (χ0v) is 26.2. The Morgan fingerprint density at radius 2 is 1.18 bits per heavy atom. The molecule has 0 N–H and O–H groups in total. The fourth-order valence-corrected chi connectivity index (χ4v) is 7.35. The topological polar surface area (TPSA) is 6.48 Å². The molecule has 0 spiro atoms. The molecule has 0 radical (unpaired) electrons. The van der Waals surface area contributed by atoms with Gasteiger partial charge in [0, 0.05) is 44.0 Å². The summed E-state index contributed by atoms with van der Waals surface area (Å²) in [5.41, 5.74) is 9.07. The molecule has 0 bridgehead atoms. The number of thioether (sulfide) groups is 2. The van der Waals surface area contributed by atoms with Crippen LogP contribution in [0.15, 0.2) is 181 Å². The lowest BCUT2D eigenvalue weighted by Gasteiger charge is -2.28. The van der Waals surface area contributed by atoms with Crippen molar-refractivity contribution in [2.75, 3.05) is 9.80 Å². The summed E-state index contributed by atoms with van der Waals surface area (Å²) >= 11 is 3.55. The van der Waals surface area contributed by atoms with E-state index in [2.05, 4.69) is 155 Å². The standard InChI is InChI=1S/C40H34N2S2/c1-3-14-33(4-2)41(34-15-8-5-9-16-34)37-25-21-31(22-26-37)39-29-43-30-40(44-39)32-23-27-38(28-24-32)42(35-17-10-6-11-18-35)36-19-12-7-13-20-36/h3-6,8-12,14-30H,1-2,7,13H2/b33-14+. The van der Waals surface area contributed by atoms with Gasteiger partial charge >= 0.3 is 0 Å². The number of hydrogen-bond donors (Lipinski definition) is 0. The molecular weight excluding hydrogens is 573 g/mol. The van der Waals surface area contributed by atoms with Crippen molar-refractivity contribution in [3.63, 3.8) is 0 Å². The zero-order chi connectivity index (χ0) is 30.1. The summed E-state index contributed by atoms with van der Waals surface area (Å²) in [6, 6.07) is 38.6. The first kappa shape index (κ1) is 29.4. The molecule has 4 heteroatoms. The molecule has 0 amide bonds. The zero-order valence-electron chi connectivity index (χ0n) is 24.6. The molecule has 216 valence electrons. The Bertz CT molecular complexity index is 1760. The highest BCUT2D eigenvalue weighted by molar-refractivity contribution is 8.20. The van der Waals surface area contributed by atoms with E-state index in [0.29, 0.717) is 0 Å². The fraction of sp³-hybridized carbons (Fsp3) is 0.0500. The maximum Gasteiger partial charge on any atom is 0.0462 e. The fourth-order valence-electron chi connectivity index (χ4n) is 5.30. The summed E-state index contributed by atoms with van der Waals surface area (Å²) < 4.78 is 0. The summed E-state index contributed by atoms with van der Waals surface area (Å²) in [4.78, 5) is 7.02. The Kier molecular flexibility index (Phi) is 9.51. The number of allylic oxidation sites excluding steroid dienone is 6. The first-order valence-electron chi connectivity index (χ1n) is 14.7. The van der Waals surface area contributed by atoms with Crippen LogP contribution < -0.4 is 9.80 Å². The van der Waals surface area contributed by atoms with E-state index in [0.717, 1.165) is 35.6 Å². The third-order valence-corrected chi connectivity index (χ3v) is 9.60. The number of para-hydroxylation sites is 2. The van der Waals surface area contributed by atoms with Gasteiger partial charge in [0.2, 0.25) is 0 Å². The van der Waals surface area contributed by atoms with Gasteiger partial charge in [0.25, 0.3) is 0 Å². The molecule has 0 fully saturated rings. The van der Waals surface area contributed by atoms with Crippen molar-refractivity contribution in [2.24, 2.45) is 0 Å². The van der Waals surface area contributed by atoms with Crippen LogP contribution in [0.3, 0.4) is 0 Å². The monoisotopic (exact) mass is 606 g/mol. The molecule has 1 aliphatic carbocycles. The molecule has 1 aliphatic heterocycles. The van der Waals surface area contributed by atoms with Crippen LogP contribution in [0.1, 0.15) is 24.0 Å². The van der Waals surface area contributed by atoms with Gasteiger partial charge in [-0.15, -0.1) is 11.8 Å². The summed E-state index contributed by atoms with van der Waals surface area (Å²) in [6.45, 7) is 7.94. The van der Waals surface area contributed by atoms with Crippen LogP contribution in [0.5, 0.6) is 0 Å². The second kappa shape index (κ2) is 14.2. The Labute approximate surface area is 269 Å². The molecule has 0 aromatic heterocycles. The molecule has 4 aromatic carbocycles. The van der Waals surface area contributed by atoms with Crippen molar-refractivity contribution in [3.05, 3.63) is 192 Å². The van der Waals surface area contributed by atoms with Crippen LogP contribution in [0.25, 0.3) is 9.81 Å². The van der Waals surface area contributed by atoms with Crippen LogP contribution in [0.4, 0.5) is 22.7 Å². The number of hydrogen-bond acceptors (Lipinski definition) is 4. The maximum absolute atomic E-state index is 4.05. The van der Waals surface area contributed by atoms with Crippen LogP contribution >= 0.6 is 23.5 Å². The third-order valence-electron chi connectivity index (χ3n) is 7.41. The minimum Gasteiger partial charge on any atom is -0.311 e. The van der Waals surface area contributed by atoms with E-state index >= 15 is 0 Å². The van der Waals surface area contributed by atoms with E-state index in [-0.39, 0.29) is 0 Å². The average molecular weight is 607 g/mol. The van der Waals surface area contributed by atoms with Crippen molar-refractivity contribution >= 4 is 56.1 Å². The van der Waals surface area contributed by atoms with Gasteiger partial charge in [-0.25, -0.2) is 0 Å². The molecule has 0 saturated heterocycles. The van der Waals surface area contributed by atoms with Gasteiger partial charge in [0.15, 0.2) is 0 Å². The smallest absolute Gasteiger partial charge is 0.0462 e. The highest BCUT2D eigenvalue weighted by Gasteiger charge is 2.18. The first-order chi connectivity index (χ1) is 21.7. The van der Waals surface area contributed by atoms with E-state index in [1.54, 1.807) is 17.8 Å². The molecule has 2 aliphatic rings. The van der Waals surface area contributed by atoms with Gasteiger partial charge in [0.05, 0.1) is 0 Å². The van der Waals surface area contributed by atoms with E-state index in [4.69, 9.17) is 0 Å². The Morgan fingerprint density at radius 1 is 0.636 bits per heavy atom. The summed E-state index contributed by atoms with van der Waals surface area (Å²) in [5, 5.41) is 4.48. The quantitative estimate of drug-likeness (QED) is 0.166. The van der Waals surface area contributed by atoms with Crippen molar-refractivity contribution in [3.8, 4) is 0 Å². The van der Waals surface area contributed by atoms with Gasteiger partial charge in [-0.1, -0.05) is 104 Å². The van der Waals surface area contributed by atoms with Crippen molar-refractivity contribution in [1.29, 1.82) is 0 Å². The predicted octanol–water partition coefficient (Wildman–Crippen LogP) is 12.2. The molecular formula is C40H34N2S2. The molecule has 44 heavy (non-hydrogen) atoms. The molecule has 1 heterocycles. The molecule has 0 atom stereocenters. The van der Waals surface area contributed by atoms with Crippen LogP contribution in [-0.2, 0) is 0 Å². The van der Waals surface area contributed by atoms with E-state index in [1.165, 1.54) is 32.3 Å². The lowest BCUT2D eigenvalue weighted by molar-refractivity contribution is 0.997. The van der Waals surface area contributed by atoms with Crippen molar-refractivity contribution in [2.45, 2.75) is 12.8 Å². The van der Waals surface area contributed by atoms with Gasteiger partial charge in [-0.3, -0.25) is 0 Å². The largest absolute Gasteiger partial charge is 0.311 e. The summed E-state index contributed by atoms with van der Waals surface area (Å²) in [6.07, 6.45) is 14.6. The minimum atomic E-state index is 0.969. The second-order valence-electron chi connectivity index (χ2n) is 10.3. The Balaban J connectivity index is 1.22. The van der Waals surface area contributed by atoms with E-state index < -0.39 is 0 Å². The number of benzene rings is 4. The first-order valence-corrected chi connectivity index (χ1v) is 16.5. The number of rotatable bonds is 10. The maximum atomic E-state index is 4.05. The van der Waals surface area contributed by atoms with E-state index in [1.807, 2.05) is 30.0 Å². The van der Waals surface area contributed by atoms with Crippen molar-refractivity contribution < 1.29 is 0 Å². The second-order valence-corrected chi connectivity index (χ2v) is 12.1. The van der Waals surface area contributed by atoms with Crippen LogP contribution in [0, 0.1) is 0 Å². The summed E-state index contributed by atoms with van der Waals surface area (Å²) in [5.74, 6) is 0. The normalized spacial score (nSPS) is 14.6. The Morgan fingerprint density at radius 3 is 1.73 bits per heavy atom. The highest BCUT2D eigenvalue weighted by atomic mass is 32.2. The van der Waals surface area contributed by atoms with Gasteiger partial charge in [-0.2, -0.15) is 0 Å². The highest BCUT2D eigenvalue weighted by Crippen LogP contribution is 2.46. The SMILES string of the molecule is C=C/C=C(\C=C)N(c1ccccc1)c1ccc(C2=CSC=C(c3ccc(N(C4=CCCC=C4)c4ccccc4)cc3)S2)cc1. The van der Waals surface area contributed by atoms with Crippen LogP contribution in [-0.4, -0.2) is 0 Å². The summed E-state index contributed by atoms with van der Waals surface area (Å²) in [7, 11) is 0. The molecule has 0 saturated carbocycles. The van der Waals surface area contributed by atoms with Gasteiger partial charge in [0.1, 0.15) is 0 Å². The lowest BCUT2D eigenvalue weighted by Crippen LogP contribution is -2.16. The van der Waals surface area contributed by atoms with E-state index in [9.17, 15) is 0 Å². The van der Waals surface area contributed by atoms with Gasteiger partial charge < -0.3 is 9.80 Å². The number of anilines is 4. The minimum absolute atomic E-state index is 0.969. The Hall–Kier alpha value is -4.64. The van der Waals surface area contributed by atoms with Crippen molar-refractivity contribution in [1.82, 2.24) is 0 Å². The molecule has 0 unspecified atom stereocenters. The molecule has 4 aromatic rings. The molecule has 2 nitrogen and oxygen atoms in total. The lowest BCUT2D eigenvalue weighted by atomic mass is 10.1.